The summed E-state index contributed by atoms with van der Waals surface area (Å²) in [6.45, 7) is 3.74. The van der Waals surface area contributed by atoms with Gasteiger partial charge in [-0.2, -0.15) is 0 Å². The van der Waals surface area contributed by atoms with Gasteiger partial charge in [-0.25, -0.2) is 14.8 Å². The Morgan fingerprint density at radius 2 is 2.04 bits per heavy atom. The van der Waals surface area contributed by atoms with Crippen LogP contribution in [0.1, 0.15) is 55.1 Å². The van der Waals surface area contributed by atoms with Crippen LogP contribution in [0.3, 0.4) is 0 Å². The van der Waals surface area contributed by atoms with Crippen molar-refractivity contribution in [1.29, 1.82) is 0 Å². The van der Waals surface area contributed by atoms with E-state index in [9.17, 15) is 19.2 Å². The molecule has 1 saturated carbocycles. The number of hydrogen-bond acceptors (Lipinski definition) is 5. The van der Waals surface area contributed by atoms with Crippen LogP contribution >= 0.6 is 0 Å². The van der Waals surface area contributed by atoms with E-state index in [1.165, 1.54) is 11.1 Å². The first-order valence-electron chi connectivity index (χ1n) is 9.10. The second-order valence-corrected chi connectivity index (χ2v) is 7.56. The molecule has 9 nitrogen and oxygen atoms in total. The molecule has 142 valence electrons. The molecule has 0 bridgehead atoms. The molecule has 2 aromatic rings. The van der Waals surface area contributed by atoms with Gasteiger partial charge in [0.15, 0.2) is 0 Å². The third kappa shape index (κ3) is 2.65. The van der Waals surface area contributed by atoms with Gasteiger partial charge in [0.2, 0.25) is 5.91 Å². The molecule has 2 atom stereocenters. The molecular formula is C18H21N5O4. The van der Waals surface area contributed by atoms with Crippen LogP contribution in [-0.4, -0.2) is 37.3 Å². The molecule has 2 unspecified atom stereocenters. The average Bonchev–Trinajstić information content (AvgIpc) is 2.93. The molecule has 1 aliphatic heterocycles. The summed E-state index contributed by atoms with van der Waals surface area (Å²) in [5.41, 5.74) is 1.57. The summed E-state index contributed by atoms with van der Waals surface area (Å²) < 4.78 is 0. The number of carbonyl (C=O) groups is 2. The Balaban J connectivity index is 1.81. The van der Waals surface area contributed by atoms with E-state index >= 15 is 0 Å². The maximum absolute atomic E-state index is 13.2. The molecule has 27 heavy (non-hydrogen) atoms. The largest absolute Gasteiger partial charge is 0.327 e. The van der Waals surface area contributed by atoms with Gasteiger partial charge in [-0.1, -0.05) is 19.8 Å². The summed E-state index contributed by atoms with van der Waals surface area (Å²) >= 11 is 0. The molecule has 9 heteroatoms. The summed E-state index contributed by atoms with van der Waals surface area (Å²) in [5.74, 6) is -0.432. The molecule has 3 heterocycles. The SMILES string of the molecule is Cc1cc(C(=O)N2NC(=O)CC23CCCCC3C)nc2[nH]c(=O)[nH]c(=O)c12. The highest BCUT2D eigenvalue weighted by Gasteiger charge is 2.52. The predicted octanol–water partition coefficient (Wildman–Crippen LogP) is 0.746. The van der Waals surface area contributed by atoms with Gasteiger partial charge in [0.05, 0.1) is 17.3 Å². The van der Waals surface area contributed by atoms with Crippen LogP contribution in [0, 0.1) is 12.8 Å². The number of aromatic nitrogens is 3. The lowest BCUT2D eigenvalue weighted by molar-refractivity contribution is -0.120. The first-order valence-corrected chi connectivity index (χ1v) is 9.10. The smallest absolute Gasteiger partial charge is 0.291 e. The zero-order valence-electron chi connectivity index (χ0n) is 15.2. The fourth-order valence-corrected chi connectivity index (χ4v) is 4.46. The number of amides is 2. The van der Waals surface area contributed by atoms with Gasteiger partial charge in [0, 0.05) is 0 Å². The van der Waals surface area contributed by atoms with Gasteiger partial charge in [-0.05, 0) is 37.3 Å². The molecule has 0 radical (unpaired) electrons. The third-order valence-electron chi connectivity index (χ3n) is 5.89. The van der Waals surface area contributed by atoms with E-state index in [1.54, 1.807) is 6.92 Å². The summed E-state index contributed by atoms with van der Waals surface area (Å²) in [6.07, 6.45) is 4.02. The van der Waals surface area contributed by atoms with Crippen molar-refractivity contribution in [2.75, 3.05) is 0 Å². The van der Waals surface area contributed by atoms with Crippen molar-refractivity contribution in [1.82, 2.24) is 25.4 Å². The first-order chi connectivity index (χ1) is 12.8. The molecule has 2 aromatic heterocycles. The summed E-state index contributed by atoms with van der Waals surface area (Å²) in [4.78, 5) is 57.8. The quantitative estimate of drug-likeness (QED) is 0.681. The number of pyridine rings is 1. The van der Waals surface area contributed by atoms with Gasteiger partial charge in [0.25, 0.3) is 11.5 Å². The third-order valence-corrected chi connectivity index (χ3v) is 5.89. The van der Waals surface area contributed by atoms with E-state index in [0.717, 1.165) is 25.7 Å². The average molecular weight is 371 g/mol. The maximum Gasteiger partial charge on any atom is 0.327 e. The minimum Gasteiger partial charge on any atom is -0.291 e. The number of hydrogen-bond donors (Lipinski definition) is 3. The Bertz CT molecular complexity index is 1070. The normalized spacial score (nSPS) is 25.2. The topological polar surface area (TPSA) is 128 Å². The van der Waals surface area contributed by atoms with E-state index in [0.29, 0.717) is 5.56 Å². The van der Waals surface area contributed by atoms with Gasteiger partial charge in [-0.3, -0.25) is 29.8 Å². The van der Waals surface area contributed by atoms with Crippen molar-refractivity contribution in [3.05, 3.63) is 38.2 Å². The molecule has 3 N–H and O–H groups in total. The molecule has 0 aromatic carbocycles. The number of aromatic amines is 2. The Labute approximate surface area is 154 Å². The number of H-pyrrole nitrogens is 2. The second-order valence-electron chi connectivity index (χ2n) is 7.56. The fraction of sp³-hybridized carbons (Fsp3) is 0.500. The molecule has 1 spiro atoms. The maximum atomic E-state index is 13.2. The van der Waals surface area contributed by atoms with Crippen molar-refractivity contribution >= 4 is 22.8 Å². The van der Waals surface area contributed by atoms with E-state index in [-0.39, 0.29) is 35.0 Å². The van der Waals surface area contributed by atoms with Crippen molar-refractivity contribution in [3.63, 3.8) is 0 Å². The van der Waals surface area contributed by atoms with Gasteiger partial charge in [0.1, 0.15) is 11.3 Å². The Morgan fingerprint density at radius 1 is 1.26 bits per heavy atom. The molecule has 2 amide bonds. The fourth-order valence-electron chi connectivity index (χ4n) is 4.46. The van der Waals surface area contributed by atoms with Crippen molar-refractivity contribution in [3.8, 4) is 0 Å². The number of fused-ring (bicyclic) bond motifs is 1. The number of carbonyl (C=O) groups excluding carboxylic acids is 2. The van der Waals surface area contributed by atoms with E-state index in [2.05, 4.69) is 27.3 Å². The molecule has 1 aliphatic carbocycles. The monoisotopic (exact) mass is 371 g/mol. The first kappa shape index (κ1) is 17.4. The van der Waals surface area contributed by atoms with E-state index in [4.69, 9.17) is 0 Å². The zero-order valence-corrected chi connectivity index (χ0v) is 15.2. The Morgan fingerprint density at radius 3 is 2.78 bits per heavy atom. The van der Waals surface area contributed by atoms with Crippen molar-refractivity contribution < 1.29 is 9.59 Å². The molecule has 1 saturated heterocycles. The summed E-state index contributed by atoms with van der Waals surface area (Å²) in [5, 5.41) is 1.66. The standard InChI is InChI=1S/C18H21N5O4/c1-9-7-11(19-14-13(9)15(25)21-17(27)20-14)16(26)23-18(8-12(24)22-23)6-4-3-5-10(18)2/h7,10H,3-6,8H2,1-2H3,(H,22,24)(H2,19,20,21,25,27). The molecule has 4 rings (SSSR count). The highest BCUT2D eigenvalue weighted by atomic mass is 16.2. The highest BCUT2D eigenvalue weighted by Crippen LogP contribution is 2.43. The summed E-state index contributed by atoms with van der Waals surface area (Å²) in [6, 6.07) is 1.52. The van der Waals surface area contributed by atoms with Gasteiger partial charge < -0.3 is 0 Å². The molecule has 2 fully saturated rings. The van der Waals surface area contributed by atoms with Gasteiger partial charge >= 0.3 is 5.69 Å². The van der Waals surface area contributed by atoms with Crippen molar-refractivity contribution in [2.24, 2.45) is 5.92 Å². The number of rotatable bonds is 1. The zero-order chi connectivity index (χ0) is 19.3. The minimum atomic E-state index is -0.684. The van der Waals surface area contributed by atoms with Crippen LogP contribution in [0.4, 0.5) is 0 Å². The lowest BCUT2D eigenvalue weighted by Gasteiger charge is -2.44. The van der Waals surface area contributed by atoms with Crippen LogP contribution in [0.25, 0.3) is 11.0 Å². The number of aryl methyl sites for hydroxylation is 1. The number of nitrogens with zero attached hydrogens (tertiary/aromatic N) is 2. The predicted molar refractivity (Wildman–Crippen MR) is 97.0 cm³/mol. The minimum absolute atomic E-state index is 0.0587. The second kappa shape index (κ2) is 6.04. The van der Waals surface area contributed by atoms with Crippen LogP contribution in [-0.2, 0) is 4.79 Å². The number of hydrazine groups is 1. The van der Waals surface area contributed by atoms with Crippen LogP contribution < -0.4 is 16.7 Å². The van der Waals surface area contributed by atoms with Crippen LogP contribution in [0.2, 0.25) is 0 Å². The van der Waals surface area contributed by atoms with Crippen LogP contribution in [0.5, 0.6) is 0 Å². The lowest BCUT2D eigenvalue weighted by atomic mass is 9.72. The van der Waals surface area contributed by atoms with Gasteiger partial charge in [-0.15, -0.1) is 0 Å². The number of nitrogens with one attached hydrogen (secondary N) is 3. The molecular weight excluding hydrogens is 350 g/mol. The van der Waals surface area contributed by atoms with Crippen molar-refractivity contribution in [2.45, 2.75) is 51.5 Å². The van der Waals surface area contributed by atoms with Crippen LogP contribution in [0.15, 0.2) is 15.7 Å². The highest BCUT2D eigenvalue weighted by molar-refractivity contribution is 5.98. The van der Waals surface area contributed by atoms with E-state index in [1.807, 2.05) is 0 Å². The molecule has 2 aliphatic rings. The van der Waals surface area contributed by atoms with E-state index < -0.39 is 22.7 Å². The Kier molecular flexibility index (Phi) is 3.90. The Hall–Kier alpha value is -2.97. The summed E-state index contributed by atoms with van der Waals surface area (Å²) in [7, 11) is 0. The lowest BCUT2D eigenvalue weighted by Crippen LogP contribution is -2.56.